The van der Waals surface area contributed by atoms with Crippen molar-refractivity contribution in [3.05, 3.63) is 84.2 Å². The molecule has 1 heterocycles. The van der Waals surface area contributed by atoms with Crippen molar-refractivity contribution in [3.8, 4) is 0 Å². The number of carbonyl (C=O) groups is 3. The van der Waals surface area contributed by atoms with Crippen LogP contribution in [0.3, 0.4) is 0 Å². The zero-order valence-corrected chi connectivity index (χ0v) is 18.0. The molecular weight excluding hydrogens is 448 g/mol. The molecule has 1 unspecified atom stereocenters. The number of hydrogen-bond acceptors (Lipinski definition) is 6. The van der Waals surface area contributed by atoms with Gasteiger partial charge in [-0.25, -0.2) is 13.2 Å². The van der Waals surface area contributed by atoms with Gasteiger partial charge in [-0.3, -0.25) is 14.6 Å². The summed E-state index contributed by atoms with van der Waals surface area (Å²) >= 11 is 0. The van der Waals surface area contributed by atoms with E-state index in [2.05, 4.69) is 15.6 Å². The van der Waals surface area contributed by atoms with Crippen LogP contribution in [0.25, 0.3) is 0 Å². The average Bonchev–Trinajstić information content (AvgIpc) is 2.78. The first-order valence-electron chi connectivity index (χ1n) is 9.60. The van der Waals surface area contributed by atoms with Gasteiger partial charge in [0.05, 0.1) is 11.3 Å². The molecule has 0 radical (unpaired) electrons. The molecule has 0 saturated carbocycles. The van der Waals surface area contributed by atoms with Gasteiger partial charge in [-0.15, -0.1) is 0 Å². The Morgan fingerprint density at radius 1 is 0.970 bits per heavy atom. The summed E-state index contributed by atoms with van der Waals surface area (Å²) in [7, 11) is -4.05. The summed E-state index contributed by atoms with van der Waals surface area (Å²) in [6.45, 7) is 0. The van der Waals surface area contributed by atoms with E-state index in [0.717, 1.165) is 0 Å². The fourth-order valence-electron chi connectivity index (χ4n) is 3.11. The molecule has 33 heavy (non-hydrogen) atoms. The molecule has 5 N–H and O–H groups in total. The van der Waals surface area contributed by atoms with Crippen LogP contribution in [0.1, 0.15) is 27.6 Å². The number of anilines is 2. The van der Waals surface area contributed by atoms with Crippen molar-refractivity contribution in [2.75, 3.05) is 10.6 Å². The molecule has 1 aromatic heterocycles. The maximum atomic E-state index is 13.1. The van der Waals surface area contributed by atoms with Crippen molar-refractivity contribution in [2.45, 2.75) is 16.6 Å². The van der Waals surface area contributed by atoms with Crippen LogP contribution in [0.4, 0.5) is 16.2 Å². The second kappa shape index (κ2) is 9.92. The van der Waals surface area contributed by atoms with Gasteiger partial charge in [0.1, 0.15) is 5.25 Å². The molecule has 11 heteroatoms. The summed E-state index contributed by atoms with van der Waals surface area (Å²) in [6.07, 6.45) is 2.16. The molecule has 0 spiro atoms. The van der Waals surface area contributed by atoms with Crippen molar-refractivity contribution in [2.24, 2.45) is 5.73 Å². The lowest BCUT2D eigenvalue weighted by Crippen LogP contribution is -2.20. The Hall–Kier alpha value is -4.25. The maximum absolute atomic E-state index is 13.1. The van der Waals surface area contributed by atoms with Gasteiger partial charge >= 0.3 is 12.0 Å². The molecule has 3 aromatic rings. The average molecular weight is 468 g/mol. The van der Waals surface area contributed by atoms with Gasteiger partial charge in [0.15, 0.2) is 9.84 Å². The number of aliphatic carboxylic acids is 1. The van der Waals surface area contributed by atoms with Crippen LogP contribution in [-0.4, -0.2) is 36.4 Å². The van der Waals surface area contributed by atoms with E-state index in [1.54, 1.807) is 12.1 Å². The lowest BCUT2D eigenvalue weighted by molar-refractivity contribution is -0.137. The number of nitrogens with one attached hydrogen (secondary N) is 2. The van der Waals surface area contributed by atoms with Gasteiger partial charge in [-0.1, -0.05) is 12.1 Å². The van der Waals surface area contributed by atoms with Gasteiger partial charge in [-0.2, -0.15) is 0 Å². The minimum Gasteiger partial charge on any atom is -0.481 e. The molecular formula is C22H20N4O6S. The van der Waals surface area contributed by atoms with Crippen LogP contribution in [0.5, 0.6) is 0 Å². The molecule has 0 aliphatic heterocycles. The fourth-order valence-corrected chi connectivity index (χ4v) is 4.81. The highest BCUT2D eigenvalue weighted by atomic mass is 32.2. The molecule has 0 aliphatic rings. The number of amides is 3. The number of nitrogens with two attached hydrogens (primary N) is 1. The molecule has 3 amide bonds. The molecule has 0 fully saturated rings. The Morgan fingerprint density at radius 3 is 2.30 bits per heavy atom. The third-order valence-electron chi connectivity index (χ3n) is 4.62. The number of rotatable bonds is 8. The Kier molecular flexibility index (Phi) is 7.04. The first-order valence-corrected chi connectivity index (χ1v) is 11.1. The number of urea groups is 1. The van der Waals surface area contributed by atoms with Crippen LogP contribution in [0.15, 0.2) is 78.0 Å². The van der Waals surface area contributed by atoms with Crippen molar-refractivity contribution in [3.63, 3.8) is 0 Å². The Labute approximate surface area is 189 Å². The van der Waals surface area contributed by atoms with E-state index < -0.39 is 39.4 Å². The number of sulfone groups is 1. The Bertz CT molecular complexity index is 1280. The number of primary amides is 1. The van der Waals surface area contributed by atoms with E-state index in [1.165, 1.54) is 60.9 Å². The number of hydrogen-bond donors (Lipinski definition) is 4. The van der Waals surface area contributed by atoms with Gasteiger partial charge in [-0.05, 0) is 54.1 Å². The Morgan fingerprint density at radius 2 is 1.70 bits per heavy atom. The smallest absolute Gasteiger partial charge is 0.316 e. The highest BCUT2D eigenvalue weighted by Crippen LogP contribution is 2.32. The van der Waals surface area contributed by atoms with Crippen LogP contribution < -0.4 is 16.4 Å². The van der Waals surface area contributed by atoms with Gasteiger partial charge in [0.2, 0.25) is 0 Å². The summed E-state index contributed by atoms with van der Waals surface area (Å²) in [4.78, 5) is 38.6. The van der Waals surface area contributed by atoms with Crippen molar-refractivity contribution >= 4 is 39.1 Å². The summed E-state index contributed by atoms with van der Waals surface area (Å²) in [5, 5.41) is 12.9. The highest BCUT2D eigenvalue weighted by molar-refractivity contribution is 7.91. The number of pyridine rings is 1. The summed E-state index contributed by atoms with van der Waals surface area (Å²) in [5.41, 5.74) is 6.25. The quantitative estimate of drug-likeness (QED) is 0.394. The van der Waals surface area contributed by atoms with Gasteiger partial charge in [0, 0.05) is 29.3 Å². The molecule has 0 aliphatic carbocycles. The summed E-state index contributed by atoms with van der Waals surface area (Å²) < 4.78 is 26.3. The van der Waals surface area contributed by atoms with E-state index in [1.807, 2.05) is 0 Å². The number of benzene rings is 2. The Balaban J connectivity index is 1.80. The van der Waals surface area contributed by atoms with Gasteiger partial charge < -0.3 is 21.5 Å². The molecule has 0 bridgehead atoms. The van der Waals surface area contributed by atoms with Crippen molar-refractivity contribution < 1.29 is 27.9 Å². The topological polar surface area (TPSA) is 169 Å². The summed E-state index contributed by atoms with van der Waals surface area (Å²) in [5.74, 6) is -1.75. The maximum Gasteiger partial charge on any atom is 0.316 e. The number of carboxylic acid groups (broad SMARTS) is 1. The number of aromatic nitrogens is 1. The molecule has 3 rings (SSSR count). The van der Waals surface area contributed by atoms with E-state index in [0.29, 0.717) is 11.4 Å². The second-order valence-electron chi connectivity index (χ2n) is 6.97. The highest BCUT2D eigenvalue weighted by Gasteiger charge is 2.31. The predicted molar refractivity (Wildman–Crippen MR) is 120 cm³/mol. The van der Waals surface area contributed by atoms with E-state index >= 15 is 0 Å². The number of carbonyl (C=O) groups excluding carboxylic acids is 2. The monoisotopic (exact) mass is 468 g/mol. The van der Waals surface area contributed by atoms with E-state index in [4.69, 9.17) is 5.73 Å². The lowest BCUT2D eigenvalue weighted by atomic mass is 10.1. The lowest BCUT2D eigenvalue weighted by Gasteiger charge is -2.16. The van der Waals surface area contributed by atoms with Crippen LogP contribution >= 0.6 is 0 Å². The first-order chi connectivity index (χ1) is 15.7. The zero-order chi connectivity index (χ0) is 24.0. The zero-order valence-electron chi connectivity index (χ0n) is 17.1. The largest absolute Gasteiger partial charge is 0.481 e. The third kappa shape index (κ3) is 5.92. The van der Waals surface area contributed by atoms with Crippen LogP contribution in [-0.2, 0) is 14.6 Å². The van der Waals surface area contributed by atoms with E-state index in [-0.39, 0.29) is 16.0 Å². The van der Waals surface area contributed by atoms with Gasteiger partial charge in [0.25, 0.3) is 5.91 Å². The second-order valence-corrected chi connectivity index (χ2v) is 9.10. The van der Waals surface area contributed by atoms with Crippen molar-refractivity contribution in [1.82, 2.24) is 4.98 Å². The fraction of sp³-hybridized carbons (Fsp3) is 0.0909. The number of carboxylic acids is 1. The molecule has 2 aromatic carbocycles. The molecule has 10 nitrogen and oxygen atoms in total. The minimum absolute atomic E-state index is 0.0942. The van der Waals surface area contributed by atoms with E-state index in [9.17, 15) is 27.9 Å². The first kappa shape index (κ1) is 23.4. The van der Waals surface area contributed by atoms with Crippen LogP contribution in [0, 0.1) is 0 Å². The minimum atomic E-state index is -4.05. The predicted octanol–water partition coefficient (Wildman–Crippen LogP) is 2.81. The summed E-state index contributed by atoms with van der Waals surface area (Å²) in [6, 6.07) is 13.8. The third-order valence-corrected chi connectivity index (χ3v) is 6.74. The number of nitrogens with zero attached hydrogens (tertiary/aromatic N) is 1. The molecule has 1 atom stereocenters. The van der Waals surface area contributed by atoms with Crippen molar-refractivity contribution in [1.29, 1.82) is 0 Å². The standard InChI is InChI=1S/C22H20N4O6S/c23-22(30)26-17-5-1-3-14(11-17)21(29)25-16-6-8-18(9-7-16)33(31,32)19(12-20(27)28)15-4-2-10-24-13-15/h1-11,13,19H,12H2,(H,25,29)(H,27,28)(H3,23,26,30). The van der Waals surface area contributed by atoms with Crippen LogP contribution in [0.2, 0.25) is 0 Å². The molecule has 0 saturated heterocycles. The SMILES string of the molecule is NC(=O)Nc1cccc(C(=O)Nc2ccc(S(=O)(=O)C(CC(=O)O)c3cccnc3)cc2)c1. The molecule has 170 valence electrons. The normalized spacial score (nSPS) is 11.9.